The van der Waals surface area contributed by atoms with Crippen LogP contribution in [0.25, 0.3) is 38.9 Å². The van der Waals surface area contributed by atoms with Crippen molar-refractivity contribution < 1.29 is 19.1 Å². The maximum absolute atomic E-state index is 13.4. The summed E-state index contributed by atoms with van der Waals surface area (Å²) in [5, 5.41) is 3.04. The molecule has 2 amide bonds. The first-order chi connectivity index (χ1) is 20.5. The van der Waals surface area contributed by atoms with E-state index in [1.807, 2.05) is 41.3 Å². The molecule has 0 saturated carbocycles. The number of ether oxygens (including phenoxy) is 1. The lowest BCUT2D eigenvalue weighted by atomic mass is 9.96. The highest BCUT2D eigenvalue weighted by Crippen LogP contribution is 2.37. The van der Waals surface area contributed by atoms with Crippen LogP contribution in [0.5, 0.6) is 0 Å². The summed E-state index contributed by atoms with van der Waals surface area (Å²) >= 11 is 0. The molecule has 7 nitrogen and oxygen atoms in total. The summed E-state index contributed by atoms with van der Waals surface area (Å²) in [6.45, 7) is 3.62. The van der Waals surface area contributed by atoms with Gasteiger partial charge in [0.2, 0.25) is 11.7 Å². The van der Waals surface area contributed by atoms with Gasteiger partial charge in [-0.15, -0.1) is 0 Å². The number of anilines is 1. The molecule has 0 spiro atoms. The maximum atomic E-state index is 13.4. The van der Waals surface area contributed by atoms with Crippen LogP contribution in [0.3, 0.4) is 0 Å². The summed E-state index contributed by atoms with van der Waals surface area (Å²) in [5.41, 5.74) is 4.97. The number of nitrogens with zero attached hydrogens (tertiary/aromatic N) is 3. The summed E-state index contributed by atoms with van der Waals surface area (Å²) in [6, 6.07) is 29.0. The van der Waals surface area contributed by atoms with Crippen LogP contribution in [-0.2, 0) is 9.53 Å². The van der Waals surface area contributed by atoms with Crippen LogP contribution in [0.15, 0.2) is 96.7 Å². The zero-order chi connectivity index (χ0) is 28.8. The number of benzene rings is 4. The van der Waals surface area contributed by atoms with Gasteiger partial charge in [-0.2, -0.15) is 0 Å². The number of morpholine rings is 1. The number of allylic oxidation sites excluding steroid dienone is 1. The van der Waals surface area contributed by atoms with Crippen LogP contribution < -0.4 is 4.90 Å². The minimum absolute atomic E-state index is 0.0396. The molecule has 1 saturated heterocycles. The Morgan fingerprint density at radius 3 is 2.40 bits per heavy atom. The number of pyridine rings is 1. The van der Waals surface area contributed by atoms with Gasteiger partial charge in [0.05, 0.1) is 35.8 Å². The number of amides is 2. The van der Waals surface area contributed by atoms with Gasteiger partial charge in [-0.25, -0.2) is 4.98 Å². The highest BCUT2D eigenvalue weighted by Gasteiger charge is 2.34. The molecule has 7 rings (SSSR count). The monoisotopic (exact) mass is 553 g/mol. The zero-order valence-electron chi connectivity index (χ0n) is 23.0. The molecule has 0 atom stereocenters. The summed E-state index contributed by atoms with van der Waals surface area (Å²) in [6.07, 6.45) is 1.68. The van der Waals surface area contributed by atoms with Crippen molar-refractivity contribution in [3.8, 4) is 11.1 Å². The third-order valence-corrected chi connectivity index (χ3v) is 7.90. The van der Waals surface area contributed by atoms with Gasteiger partial charge in [-0.05, 0) is 70.4 Å². The fourth-order valence-electron chi connectivity index (χ4n) is 5.84. The van der Waals surface area contributed by atoms with Gasteiger partial charge >= 0.3 is 0 Å². The number of hydrogen-bond acceptors (Lipinski definition) is 5. The van der Waals surface area contributed by atoms with E-state index >= 15 is 0 Å². The fraction of sp³-hybridized carbons (Fsp3) is 0.143. The Balaban J connectivity index is 1.40. The second kappa shape index (κ2) is 10.4. The molecule has 5 aromatic rings. The Morgan fingerprint density at radius 2 is 1.60 bits per heavy atom. The SMILES string of the molecule is CC(=O)N1C(=Cc2cc(-c3ccc4ccccc4c3)c3cc(C(=O)N4CCOCC4)ccc3n2)C(=O)c2ccccc21. The molecule has 42 heavy (non-hydrogen) atoms. The van der Waals surface area contributed by atoms with Gasteiger partial charge < -0.3 is 9.64 Å². The first kappa shape index (κ1) is 25.8. The number of rotatable bonds is 3. The summed E-state index contributed by atoms with van der Waals surface area (Å²) < 4.78 is 5.43. The molecule has 2 aliphatic rings. The molecule has 0 radical (unpaired) electrons. The van der Waals surface area contributed by atoms with Crippen LogP contribution in [0, 0.1) is 0 Å². The molecule has 2 aliphatic heterocycles. The smallest absolute Gasteiger partial charge is 0.254 e. The predicted molar refractivity (Wildman–Crippen MR) is 163 cm³/mol. The summed E-state index contributed by atoms with van der Waals surface area (Å²) in [7, 11) is 0. The van der Waals surface area contributed by atoms with E-state index in [1.54, 1.807) is 30.3 Å². The van der Waals surface area contributed by atoms with Crippen LogP contribution in [0.1, 0.15) is 33.3 Å². The van der Waals surface area contributed by atoms with Crippen molar-refractivity contribution in [1.29, 1.82) is 0 Å². The van der Waals surface area contributed by atoms with Crippen molar-refractivity contribution in [3.63, 3.8) is 0 Å². The molecular formula is C35H27N3O4. The Bertz CT molecular complexity index is 1960. The highest BCUT2D eigenvalue weighted by atomic mass is 16.5. The van der Waals surface area contributed by atoms with Crippen molar-refractivity contribution >= 4 is 51.0 Å². The fourth-order valence-corrected chi connectivity index (χ4v) is 5.84. The number of Topliss-reactive ketones (excluding diaryl/α,β-unsaturated/α-hetero) is 1. The third-order valence-electron chi connectivity index (χ3n) is 7.90. The van der Waals surface area contributed by atoms with E-state index < -0.39 is 0 Å². The summed E-state index contributed by atoms with van der Waals surface area (Å²) in [4.78, 5) is 47.6. The number of fused-ring (bicyclic) bond motifs is 3. The molecule has 0 N–H and O–H groups in total. The minimum Gasteiger partial charge on any atom is -0.378 e. The number of para-hydroxylation sites is 1. The van der Waals surface area contributed by atoms with E-state index in [2.05, 4.69) is 30.3 Å². The number of aromatic nitrogens is 1. The average Bonchev–Trinajstić information content (AvgIpc) is 3.31. The molecule has 1 aromatic heterocycles. The van der Waals surface area contributed by atoms with Crippen LogP contribution in [0.2, 0.25) is 0 Å². The van der Waals surface area contributed by atoms with Crippen molar-refractivity contribution in [2.45, 2.75) is 6.92 Å². The quantitative estimate of drug-likeness (QED) is 0.252. The van der Waals surface area contributed by atoms with Gasteiger partial charge in [0.15, 0.2) is 0 Å². The second-order valence-corrected chi connectivity index (χ2v) is 10.5. The van der Waals surface area contributed by atoms with E-state index in [9.17, 15) is 14.4 Å². The van der Waals surface area contributed by atoms with Crippen molar-refractivity contribution in [2.75, 3.05) is 31.2 Å². The van der Waals surface area contributed by atoms with Gasteiger partial charge in [0.25, 0.3) is 5.91 Å². The lowest BCUT2D eigenvalue weighted by Crippen LogP contribution is -2.40. The number of carbonyl (C=O) groups excluding carboxylic acids is 3. The molecule has 0 bridgehead atoms. The first-order valence-electron chi connectivity index (χ1n) is 13.9. The Morgan fingerprint density at radius 1 is 0.833 bits per heavy atom. The highest BCUT2D eigenvalue weighted by molar-refractivity contribution is 6.26. The topological polar surface area (TPSA) is 79.8 Å². The van der Waals surface area contributed by atoms with Gasteiger partial charge in [-0.3, -0.25) is 19.3 Å². The largest absolute Gasteiger partial charge is 0.378 e. The van der Waals surface area contributed by atoms with Crippen LogP contribution >= 0.6 is 0 Å². The molecule has 3 heterocycles. The molecule has 7 heteroatoms. The standard InChI is InChI=1S/C35H27N3O4/c1-22(39)38-32-9-5-4-8-28(32)34(40)33(38)21-27-20-29(25-11-10-23-6-2-3-7-24(23)18-25)30-19-26(12-13-31(30)36-27)35(41)37-14-16-42-17-15-37/h2-13,18-21H,14-17H2,1H3. The minimum atomic E-state index is -0.249. The van der Waals surface area contributed by atoms with Crippen LogP contribution in [-0.4, -0.2) is 53.8 Å². The van der Waals surface area contributed by atoms with Gasteiger partial charge in [0, 0.05) is 36.5 Å². The number of ketones is 1. The summed E-state index contributed by atoms with van der Waals surface area (Å²) in [5.74, 6) is -0.509. The van der Waals surface area contributed by atoms with E-state index in [1.165, 1.54) is 11.8 Å². The van der Waals surface area contributed by atoms with E-state index in [4.69, 9.17) is 9.72 Å². The van der Waals surface area contributed by atoms with Crippen LogP contribution in [0.4, 0.5) is 5.69 Å². The first-order valence-corrected chi connectivity index (χ1v) is 13.9. The van der Waals surface area contributed by atoms with Gasteiger partial charge in [-0.1, -0.05) is 48.5 Å². The van der Waals surface area contributed by atoms with E-state index in [0.29, 0.717) is 54.3 Å². The normalized spacial score (nSPS) is 15.9. The second-order valence-electron chi connectivity index (χ2n) is 10.5. The maximum Gasteiger partial charge on any atom is 0.254 e. The molecule has 206 valence electrons. The molecule has 4 aromatic carbocycles. The predicted octanol–water partition coefficient (Wildman–Crippen LogP) is 6.12. The lowest BCUT2D eigenvalue weighted by molar-refractivity contribution is -0.116. The average molecular weight is 554 g/mol. The van der Waals surface area contributed by atoms with E-state index in [-0.39, 0.29) is 23.3 Å². The Kier molecular flexibility index (Phi) is 6.36. The van der Waals surface area contributed by atoms with Crippen molar-refractivity contribution in [1.82, 2.24) is 9.88 Å². The van der Waals surface area contributed by atoms with Crippen molar-refractivity contribution in [3.05, 3.63) is 114 Å². The molecule has 1 fully saturated rings. The van der Waals surface area contributed by atoms with E-state index in [0.717, 1.165) is 27.3 Å². The Labute approximate surface area is 242 Å². The zero-order valence-corrected chi connectivity index (χ0v) is 23.0. The van der Waals surface area contributed by atoms with Crippen molar-refractivity contribution in [2.24, 2.45) is 0 Å². The van der Waals surface area contributed by atoms with Gasteiger partial charge in [0.1, 0.15) is 0 Å². The lowest BCUT2D eigenvalue weighted by Gasteiger charge is -2.27. The third kappa shape index (κ3) is 4.44. The number of carbonyl (C=O) groups is 3. The molecular weight excluding hydrogens is 526 g/mol. The number of hydrogen-bond donors (Lipinski definition) is 0. The Hall–Kier alpha value is -5.14. The molecule has 0 aliphatic carbocycles. The molecule has 0 unspecified atom stereocenters.